The van der Waals surface area contributed by atoms with E-state index in [1.807, 2.05) is 45.0 Å². The second-order valence-corrected chi connectivity index (χ2v) is 8.61. The predicted molar refractivity (Wildman–Crippen MR) is 122 cm³/mol. The highest BCUT2D eigenvalue weighted by atomic mass is 32.2. The summed E-state index contributed by atoms with van der Waals surface area (Å²) in [5.74, 6) is 0.358. The lowest BCUT2D eigenvalue weighted by molar-refractivity contribution is -0.138. The van der Waals surface area contributed by atoms with Gasteiger partial charge in [0, 0.05) is 18.3 Å². The fourth-order valence-corrected chi connectivity index (χ4v) is 3.85. The van der Waals surface area contributed by atoms with Crippen molar-refractivity contribution in [3.8, 4) is 0 Å². The van der Waals surface area contributed by atoms with Crippen LogP contribution in [0.1, 0.15) is 43.9 Å². The fraction of sp³-hybridized carbons (Fsp3) is 0.417. The van der Waals surface area contributed by atoms with E-state index >= 15 is 0 Å². The summed E-state index contributed by atoms with van der Waals surface area (Å²) in [5.41, 5.74) is 3.07. The van der Waals surface area contributed by atoms with Crippen molar-refractivity contribution in [1.29, 1.82) is 0 Å². The highest BCUT2D eigenvalue weighted by molar-refractivity contribution is 7.99. The molecule has 0 saturated carbocycles. The molecule has 0 aliphatic heterocycles. The Kier molecular flexibility index (Phi) is 9.37. The molecule has 162 valence electrons. The van der Waals surface area contributed by atoms with Gasteiger partial charge in [0.15, 0.2) is 0 Å². The highest BCUT2D eigenvalue weighted by Crippen LogP contribution is 2.17. The van der Waals surface area contributed by atoms with Crippen LogP contribution in [-0.2, 0) is 21.9 Å². The molecule has 0 aliphatic rings. The van der Waals surface area contributed by atoms with Crippen molar-refractivity contribution in [1.82, 2.24) is 10.2 Å². The molecule has 2 atom stereocenters. The molecule has 0 aliphatic carbocycles. The quantitative estimate of drug-likeness (QED) is 0.594. The van der Waals surface area contributed by atoms with Gasteiger partial charge in [-0.05, 0) is 50.5 Å². The maximum atomic E-state index is 13.1. The van der Waals surface area contributed by atoms with Gasteiger partial charge in [-0.3, -0.25) is 9.59 Å². The lowest BCUT2D eigenvalue weighted by atomic mass is 10.1. The van der Waals surface area contributed by atoms with Crippen LogP contribution in [0.3, 0.4) is 0 Å². The number of thioether (sulfide) groups is 1. The van der Waals surface area contributed by atoms with Crippen LogP contribution in [-0.4, -0.2) is 34.6 Å². The van der Waals surface area contributed by atoms with E-state index < -0.39 is 6.04 Å². The number of halogens is 1. The first-order chi connectivity index (χ1) is 14.3. The van der Waals surface area contributed by atoms with E-state index in [2.05, 4.69) is 5.32 Å². The molecule has 0 aromatic heterocycles. The first kappa shape index (κ1) is 23.9. The van der Waals surface area contributed by atoms with Crippen molar-refractivity contribution in [2.24, 2.45) is 0 Å². The zero-order valence-electron chi connectivity index (χ0n) is 18.2. The summed E-state index contributed by atoms with van der Waals surface area (Å²) in [6.45, 7) is 8.13. The normalized spacial score (nSPS) is 12.8. The highest BCUT2D eigenvalue weighted by Gasteiger charge is 2.26. The van der Waals surface area contributed by atoms with Gasteiger partial charge in [0.25, 0.3) is 0 Å². The third-order valence-electron chi connectivity index (χ3n) is 5.01. The standard InChI is InChI=1S/C24H31FN2O2S/c1-5-18(3)26-24(29)19(4)27(14-21-8-6-7-17(2)13-21)23(28)16-30-15-20-9-11-22(25)12-10-20/h6-13,18-19H,5,14-16H2,1-4H3,(H,26,29)/t18-,19-/m1/s1. The average Bonchev–Trinajstić information content (AvgIpc) is 2.72. The van der Waals surface area contributed by atoms with Crippen molar-refractivity contribution in [3.63, 3.8) is 0 Å². The van der Waals surface area contributed by atoms with Gasteiger partial charge in [0.05, 0.1) is 5.75 Å². The smallest absolute Gasteiger partial charge is 0.242 e. The summed E-state index contributed by atoms with van der Waals surface area (Å²) in [6, 6.07) is 13.7. The number of carbonyl (C=O) groups is 2. The van der Waals surface area contributed by atoms with E-state index in [-0.39, 0.29) is 29.4 Å². The van der Waals surface area contributed by atoms with Crippen LogP contribution in [0.2, 0.25) is 0 Å². The lowest BCUT2D eigenvalue weighted by Gasteiger charge is -2.29. The van der Waals surface area contributed by atoms with Gasteiger partial charge in [0.1, 0.15) is 11.9 Å². The molecule has 2 aromatic rings. The number of aryl methyl sites for hydroxylation is 1. The first-order valence-corrected chi connectivity index (χ1v) is 11.4. The predicted octanol–water partition coefficient (Wildman–Crippen LogP) is 4.70. The van der Waals surface area contributed by atoms with E-state index in [0.717, 1.165) is 23.1 Å². The summed E-state index contributed by atoms with van der Waals surface area (Å²) < 4.78 is 13.1. The molecule has 2 aromatic carbocycles. The largest absolute Gasteiger partial charge is 0.352 e. The Labute approximate surface area is 183 Å². The van der Waals surface area contributed by atoms with Crippen molar-refractivity contribution in [3.05, 3.63) is 71.0 Å². The zero-order chi connectivity index (χ0) is 22.1. The van der Waals surface area contributed by atoms with Crippen LogP contribution in [0.15, 0.2) is 48.5 Å². The van der Waals surface area contributed by atoms with Crippen molar-refractivity contribution in [2.45, 2.75) is 58.5 Å². The van der Waals surface area contributed by atoms with E-state index in [4.69, 9.17) is 0 Å². The van der Waals surface area contributed by atoms with E-state index in [0.29, 0.717) is 12.3 Å². The van der Waals surface area contributed by atoms with Gasteiger partial charge in [0.2, 0.25) is 11.8 Å². The molecular formula is C24H31FN2O2S. The minimum absolute atomic E-state index is 0.0590. The maximum absolute atomic E-state index is 13.1. The van der Waals surface area contributed by atoms with E-state index in [1.54, 1.807) is 24.0 Å². The first-order valence-electron chi connectivity index (χ1n) is 10.3. The number of carbonyl (C=O) groups excluding carboxylic acids is 2. The van der Waals surface area contributed by atoms with Crippen LogP contribution in [0.5, 0.6) is 0 Å². The molecular weight excluding hydrogens is 399 g/mol. The summed E-state index contributed by atoms with van der Waals surface area (Å²) in [7, 11) is 0. The zero-order valence-corrected chi connectivity index (χ0v) is 19.0. The van der Waals surface area contributed by atoms with Crippen molar-refractivity contribution < 1.29 is 14.0 Å². The van der Waals surface area contributed by atoms with Gasteiger partial charge in [-0.15, -0.1) is 11.8 Å². The molecule has 4 nitrogen and oxygen atoms in total. The Bertz CT molecular complexity index is 841. The number of rotatable bonds is 10. The van der Waals surface area contributed by atoms with Crippen LogP contribution >= 0.6 is 11.8 Å². The molecule has 0 heterocycles. The van der Waals surface area contributed by atoms with Crippen LogP contribution < -0.4 is 5.32 Å². The van der Waals surface area contributed by atoms with Crippen molar-refractivity contribution in [2.75, 3.05) is 5.75 Å². The van der Waals surface area contributed by atoms with Crippen molar-refractivity contribution >= 4 is 23.6 Å². The molecule has 1 N–H and O–H groups in total. The molecule has 0 saturated heterocycles. The summed E-state index contributed by atoms with van der Waals surface area (Å²) in [5, 5.41) is 2.97. The summed E-state index contributed by atoms with van der Waals surface area (Å²) in [6.07, 6.45) is 0.831. The van der Waals surface area contributed by atoms with Gasteiger partial charge in [-0.1, -0.05) is 48.9 Å². The van der Waals surface area contributed by atoms with Gasteiger partial charge in [-0.2, -0.15) is 0 Å². The molecule has 0 radical (unpaired) electrons. The molecule has 30 heavy (non-hydrogen) atoms. The van der Waals surface area contributed by atoms with Crippen LogP contribution in [0, 0.1) is 12.7 Å². The molecule has 2 amide bonds. The number of amides is 2. The Hall–Kier alpha value is -2.34. The Morgan fingerprint density at radius 1 is 1.10 bits per heavy atom. The Morgan fingerprint density at radius 2 is 1.80 bits per heavy atom. The lowest BCUT2D eigenvalue weighted by Crippen LogP contribution is -2.50. The Morgan fingerprint density at radius 3 is 2.43 bits per heavy atom. The van der Waals surface area contributed by atoms with Gasteiger partial charge >= 0.3 is 0 Å². The third-order valence-corrected chi connectivity index (χ3v) is 6.00. The molecule has 0 bridgehead atoms. The average molecular weight is 431 g/mol. The molecule has 0 unspecified atom stereocenters. The molecule has 0 fully saturated rings. The third kappa shape index (κ3) is 7.48. The fourth-order valence-electron chi connectivity index (χ4n) is 2.98. The topological polar surface area (TPSA) is 49.4 Å². The number of nitrogens with one attached hydrogen (secondary N) is 1. The summed E-state index contributed by atoms with van der Waals surface area (Å²) >= 11 is 1.46. The minimum atomic E-state index is -0.571. The number of hydrogen-bond acceptors (Lipinski definition) is 3. The maximum Gasteiger partial charge on any atom is 0.242 e. The van der Waals surface area contributed by atoms with E-state index in [1.165, 1.54) is 23.9 Å². The van der Waals surface area contributed by atoms with Gasteiger partial charge < -0.3 is 10.2 Å². The summed E-state index contributed by atoms with van der Waals surface area (Å²) in [4.78, 5) is 27.4. The Balaban J connectivity index is 2.07. The number of nitrogens with zero attached hydrogens (tertiary/aromatic N) is 1. The number of benzene rings is 2. The molecule has 6 heteroatoms. The van der Waals surface area contributed by atoms with Crippen LogP contribution in [0.4, 0.5) is 4.39 Å². The molecule has 2 rings (SSSR count). The minimum Gasteiger partial charge on any atom is -0.352 e. The van der Waals surface area contributed by atoms with Crippen LogP contribution in [0.25, 0.3) is 0 Å². The van der Waals surface area contributed by atoms with E-state index in [9.17, 15) is 14.0 Å². The SMILES string of the molecule is CC[C@@H](C)NC(=O)[C@@H](C)N(Cc1cccc(C)c1)C(=O)CSCc1ccc(F)cc1. The number of hydrogen-bond donors (Lipinski definition) is 1. The van der Waals surface area contributed by atoms with Gasteiger partial charge in [-0.25, -0.2) is 4.39 Å². The molecule has 0 spiro atoms. The second kappa shape index (κ2) is 11.7. The monoisotopic (exact) mass is 430 g/mol. The second-order valence-electron chi connectivity index (χ2n) is 7.62.